The maximum Gasteiger partial charge on any atom is 0.328 e. The first kappa shape index (κ1) is 15.8. The van der Waals surface area contributed by atoms with E-state index in [9.17, 15) is 13.2 Å². The third-order valence-corrected chi connectivity index (χ3v) is 4.82. The summed E-state index contributed by atoms with van der Waals surface area (Å²) < 4.78 is 26.0. The van der Waals surface area contributed by atoms with Gasteiger partial charge in [-0.05, 0) is 45.0 Å². The molecule has 0 saturated carbocycles. The Morgan fingerprint density at radius 2 is 1.81 bits per heavy atom. The molecule has 1 heterocycles. The first-order chi connectivity index (χ1) is 9.97. The number of nitrogens with one attached hydrogen (secondary N) is 2. The molecular weight excluding hydrogens is 290 g/mol. The molecule has 7 heteroatoms. The van der Waals surface area contributed by atoms with Crippen molar-refractivity contribution in [3.05, 3.63) is 29.8 Å². The molecule has 1 saturated heterocycles. The van der Waals surface area contributed by atoms with Crippen LogP contribution in [0.1, 0.15) is 18.4 Å². The minimum absolute atomic E-state index is 0.0859. The molecule has 1 aliphatic rings. The average Bonchev–Trinajstić information content (AvgIpc) is 2.92. The number of amides is 2. The second-order valence-corrected chi connectivity index (χ2v) is 6.91. The van der Waals surface area contributed by atoms with Crippen LogP contribution in [-0.4, -0.2) is 45.5 Å². The van der Waals surface area contributed by atoms with Gasteiger partial charge in [-0.3, -0.25) is 0 Å². The van der Waals surface area contributed by atoms with Gasteiger partial charge in [0.25, 0.3) is 10.0 Å². The van der Waals surface area contributed by atoms with Crippen LogP contribution in [0.3, 0.4) is 0 Å². The maximum absolute atomic E-state index is 12.0. The number of nitrogens with zero attached hydrogens (tertiary/aromatic N) is 1. The van der Waals surface area contributed by atoms with Crippen LogP contribution in [-0.2, 0) is 10.0 Å². The number of aryl methyl sites for hydroxylation is 1. The Labute approximate surface area is 125 Å². The van der Waals surface area contributed by atoms with E-state index in [1.54, 1.807) is 12.1 Å². The molecule has 6 nitrogen and oxygen atoms in total. The molecule has 0 radical (unpaired) electrons. The van der Waals surface area contributed by atoms with Crippen molar-refractivity contribution in [1.82, 2.24) is 14.9 Å². The summed E-state index contributed by atoms with van der Waals surface area (Å²) in [6.07, 6.45) is 2.38. The number of carbonyl (C=O) groups excluding carboxylic acids is 1. The first-order valence-corrected chi connectivity index (χ1v) is 8.55. The molecular formula is C14H21N3O3S. The van der Waals surface area contributed by atoms with Crippen LogP contribution in [0.5, 0.6) is 0 Å². The molecule has 1 aliphatic heterocycles. The highest BCUT2D eigenvalue weighted by atomic mass is 32.2. The van der Waals surface area contributed by atoms with Gasteiger partial charge in [-0.25, -0.2) is 17.9 Å². The molecule has 1 fully saturated rings. The molecule has 0 atom stereocenters. The zero-order valence-electron chi connectivity index (χ0n) is 12.1. The highest BCUT2D eigenvalue weighted by molar-refractivity contribution is 7.90. The Balaban J connectivity index is 1.81. The van der Waals surface area contributed by atoms with Gasteiger partial charge in [-0.1, -0.05) is 17.7 Å². The lowest BCUT2D eigenvalue weighted by atomic mass is 10.2. The van der Waals surface area contributed by atoms with Crippen LogP contribution >= 0.6 is 0 Å². The quantitative estimate of drug-likeness (QED) is 0.853. The first-order valence-electron chi connectivity index (χ1n) is 7.07. The molecule has 2 N–H and O–H groups in total. The van der Waals surface area contributed by atoms with Crippen molar-refractivity contribution in [2.45, 2.75) is 24.7 Å². The third kappa shape index (κ3) is 4.71. The van der Waals surface area contributed by atoms with E-state index in [1.807, 2.05) is 11.6 Å². The zero-order valence-corrected chi connectivity index (χ0v) is 12.9. The van der Waals surface area contributed by atoms with Crippen molar-refractivity contribution >= 4 is 16.1 Å². The van der Waals surface area contributed by atoms with Crippen molar-refractivity contribution < 1.29 is 13.2 Å². The Morgan fingerprint density at radius 3 is 2.43 bits per heavy atom. The smallest absolute Gasteiger partial charge is 0.328 e. The van der Waals surface area contributed by atoms with Crippen LogP contribution in [0.2, 0.25) is 0 Å². The van der Waals surface area contributed by atoms with Gasteiger partial charge in [0.2, 0.25) is 0 Å². The lowest BCUT2D eigenvalue weighted by Crippen LogP contribution is -2.42. The van der Waals surface area contributed by atoms with Gasteiger partial charge in [0.1, 0.15) is 0 Å². The predicted molar refractivity (Wildman–Crippen MR) is 80.6 cm³/mol. The van der Waals surface area contributed by atoms with Crippen molar-refractivity contribution in [1.29, 1.82) is 0 Å². The molecule has 1 aromatic carbocycles. The fourth-order valence-corrected chi connectivity index (χ4v) is 3.20. The van der Waals surface area contributed by atoms with E-state index in [1.165, 1.54) is 25.0 Å². The van der Waals surface area contributed by atoms with Crippen LogP contribution in [0.4, 0.5) is 4.79 Å². The number of hydrogen-bond acceptors (Lipinski definition) is 4. The molecule has 0 aliphatic carbocycles. The molecule has 0 unspecified atom stereocenters. The van der Waals surface area contributed by atoms with Crippen LogP contribution in [0.15, 0.2) is 29.2 Å². The number of sulfonamides is 1. The molecule has 0 aromatic heterocycles. The SMILES string of the molecule is Cc1ccc(S(=O)(=O)NC(=O)NCCN2CCCC2)cc1. The van der Waals surface area contributed by atoms with Crippen LogP contribution < -0.4 is 10.0 Å². The molecule has 0 bridgehead atoms. The summed E-state index contributed by atoms with van der Waals surface area (Å²) >= 11 is 0. The van der Waals surface area contributed by atoms with Crippen LogP contribution in [0.25, 0.3) is 0 Å². The topological polar surface area (TPSA) is 78.5 Å². The van der Waals surface area contributed by atoms with Gasteiger partial charge in [0.15, 0.2) is 0 Å². The number of carbonyl (C=O) groups is 1. The average molecular weight is 311 g/mol. The van der Waals surface area contributed by atoms with Gasteiger partial charge in [-0.15, -0.1) is 0 Å². The fourth-order valence-electron chi connectivity index (χ4n) is 2.27. The van der Waals surface area contributed by atoms with Crippen molar-refractivity contribution in [3.63, 3.8) is 0 Å². The number of hydrogen-bond donors (Lipinski definition) is 2. The van der Waals surface area contributed by atoms with E-state index < -0.39 is 16.1 Å². The maximum atomic E-state index is 12.0. The summed E-state index contributed by atoms with van der Waals surface area (Å²) in [5.74, 6) is 0. The lowest BCUT2D eigenvalue weighted by Gasteiger charge is -2.15. The van der Waals surface area contributed by atoms with Gasteiger partial charge >= 0.3 is 6.03 Å². The highest BCUT2D eigenvalue weighted by Crippen LogP contribution is 2.09. The predicted octanol–water partition coefficient (Wildman–Crippen LogP) is 1.08. The number of urea groups is 1. The van der Waals surface area contributed by atoms with E-state index in [0.717, 1.165) is 25.2 Å². The number of rotatable bonds is 5. The second-order valence-electron chi connectivity index (χ2n) is 5.22. The monoisotopic (exact) mass is 311 g/mol. The summed E-state index contributed by atoms with van der Waals surface area (Å²) in [6, 6.07) is 5.67. The highest BCUT2D eigenvalue weighted by Gasteiger charge is 2.17. The van der Waals surface area contributed by atoms with Gasteiger partial charge < -0.3 is 10.2 Å². The Kier molecular flexibility index (Phi) is 5.19. The van der Waals surface area contributed by atoms with Gasteiger partial charge in [-0.2, -0.15) is 0 Å². The standard InChI is InChI=1S/C14H21N3O3S/c1-12-4-6-13(7-5-12)21(19,20)16-14(18)15-8-11-17-9-2-3-10-17/h4-7H,2-3,8-11H2,1H3,(H2,15,16,18). The van der Waals surface area contributed by atoms with Crippen molar-refractivity contribution in [2.75, 3.05) is 26.2 Å². The van der Waals surface area contributed by atoms with E-state index in [0.29, 0.717) is 6.54 Å². The summed E-state index contributed by atoms with van der Waals surface area (Å²) in [7, 11) is -3.80. The van der Waals surface area contributed by atoms with Gasteiger partial charge in [0, 0.05) is 13.1 Å². The van der Waals surface area contributed by atoms with Crippen molar-refractivity contribution in [2.24, 2.45) is 0 Å². The van der Waals surface area contributed by atoms with E-state index >= 15 is 0 Å². The van der Waals surface area contributed by atoms with E-state index in [2.05, 4.69) is 10.2 Å². The molecule has 21 heavy (non-hydrogen) atoms. The molecule has 116 valence electrons. The molecule has 0 spiro atoms. The normalized spacial score (nSPS) is 15.9. The number of benzene rings is 1. The number of likely N-dealkylation sites (tertiary alicyclic amines) is 1. The summed E-state index contributed by atoms with van der Waals surface area (Å²) in [4.78, 5) is 14.0. The lowest BCUT2D eigenvalue weighted by molar-refractivity contribution is 0.243. The second kappa shape index (κ2) is 6.91. The Bertz CT molecular complexity index is 578. The molecule has 2 amide bonds. The minimum atomic E-state index is -3.80. The van der Waals surface area contributed by atoms with E-state index in [-0.39, 0.29) is 4.90 Å². The molecule has 1 aromatic rings. The zero-order chi connectivity index (χ0) is 15.3. The van der Waals surface area contributed by atoms with E-state index in [4.69, 9.17) is 0 Å². The Morgan fingerprint density at radius 1 is 1.19 bits per heavy atom. The van der Waals surface area contributed by atoms with Gasteiger partial charge in [0.05, 0.1) is 4.90 Å². The van der Waals surface area contributed by atoms with Crippen LogP contribution in [0, 0.1) is 6.92 Å². The summed E-state index contributed by atoms with van der Waals surface area (Å²) in [5, 5.41) is 2.58. The molecule has 2 rings (SSSR count). The summed E-state index contributed by atoms with van der Waals surface area (Å²) in [6.45, 7) is 5.15. The Hall–Kier alpha value is -1.60. The minimum Gasteiger partial charge on any atom is -0.336 e. The largest absolute Gasteiger partial charge is 0.336 e. The fraction of sp³-hybridized carbons (Fsp3) is 0.500. The van der Waals surface area contributed by atoms with Crippen molar-refractivity contribution in [3.8, 4) is 0 Å². The third-order valence-electron chi connectivity index (χ3n) is 3.47. The summed E-state index contributed by atoms with van der Waals surface area (Å²) in [5.41, 5.74) is 0.962.